The highest BCUT2D eigenvalue weighted by Gasteiger charge is 2.28. The van der Waals surface area contributed by atoms with Crippen LogP contribution in [-0.4, -0.2) is 24.5 Å². The second kappa shape index (κ2) is 4.79. The van der Waals surface area contributed by atoms with E-state index in [1.165, 1.54) is 51.7 Å². The van der Waals surface area contributed by atoms with Gasteiger partial charge in [0.05, 0.1) is 12.0 Å². The summed E-state index contributed by atoms with van der Waals surface area (Å²) in [5, 5.41) is 9.00. The lowest BCUT2D eigenvalue weighted by atomic mass is 9.96. The van der Waals surface area contributed by atoms with Gasteiger partial charge in [0.2, 0.25) is 0 Å². The molecule has 2 rings (SSSR count). The maximum atomic E-state index is 9.00. The van der Waals surface area contributed by atoms with Crippen molar-refractivity contribution >= 4 is 0 Å². The van der Waals surface area contributed by atoms with Crippen LogP contribution in [0.5, 0.6) is 0 Å². The van der Waals surface area contributed by atoms with Crippen LogP contribution in [0.2, 0.25) is 0 Å². The van der Waals surface area contributed by atoms with Crippen molar-refractivity contribution in [3.63, 3.8) is 0 Å². The van der Waals surface area contributed by atoms with Crippen molar-refractivity contribution in [1.82, 2.24) is 4.90 Å². The fraction of sp³-hybridized carbons (Fsp3) is 0.917. The average Bonchev–Trinajstić information content (AvgIpc) is 2.67. The Morgan fingerprint density at radius 1 is 1.07 bits per heavy atom. The van der Waals surface area contributed by atoms with Crippen molar-refractivity contribution in [2.75, 3.05) is 19.6 Å². The van der Waals surface area contributed by atoms with Crippen molar-refractivity contribution < 1.29 is 0 Å². The second-order valence-electron chi connectivity index (χ2n) is 4.79. The number of nitriles is 1. The molecule has 2 fully saturated rings. The van der Waals surface area contributed by atoms with Gasteiger partial charge in [-0.2, -0.15) is 5.26 Å². The fourth-order valence-electron chi connectivity index (χ4n) is 2.90. The molecule has 1 heterocycles. The summed E-state index contributed by atoms with van der Waals surface area (Å²) in [6.45, 7) is 3.74. The first-order valence-corrected chi connectivity index (χ1v) is 6.02. The van der Waals surface area contributed by atoms with Crippen LogP contribution in [0.15, 0.2) is 0 Å². The van der Waals surface area contributed by atoms with Gasteiger partial charge in [0.15, 0.2) is 0 Å². The minimum Gasteiger partial charge on any atom is -0.303 e. The zero-order valence-corrected chi connectivity index (χ0v) is 8.91. The number of nitrogens with zero attached hydrogens (tertiary/aromatic N) is 2. The normalized spacial score (nSPS) is 34.2. The first-order valence-electron chi connectivity index (χ1n) is 6.02. The summed E-state index contributed by atoms with van der Waals surface area (Å²) in [6, 6.07) is 2.48. The Kier molecular flexibility index (Phi) is 3.42. The molecule has 1 saturated heterocycles. The van der Waals surface area contributed by atoms with E-state index in [1.807, 2.05) is 0 Å². The maximum absolute atomic E-state index is 9.00. The largest absolute Gasteiger partial charge is 0.303 e. The highest BCUT2D eigenvalue weighted by molar-refractivity contribution is 4.93. The number of hydrogen-bond acceptors (Lipinski definition) is 2. The van der Waals surface area contributed by atoms with E-state index in [0.717, 1.165) is 6.42 Å². The van der Waals surface area contributed by atoms with E-state index in [0.29, 0.717) is 11.8 Å². The zero-order valence-electron chi connectivity index (χ0n) is 8.91. The summed E-state index contributed by atoms with van der Waals surface area (Å²) in [7, 11) is 0. The molecule has 1 aliphatic carbocycles. The lowest BCUT2D eigenvalue weighted by Crippen LogP contribution is -2.35. The smallest absolute Gasteiger partial charge is 0.0659 e. The second-order valence-corrected chi connectivity index (χ2v) is 4.79. The fourth-order valence-corrected chi connectivity index (χ4v) is 2.90. The van der Waals surface area contributed by atoms with Gasteiger partial charge in [0, 0.05) is 6.54 Å². The third-order valence-electron chi connectivity index (χ3n) is 3.77. The third kappa shape index (κ3) is 2.27. The SMILES string of the molecule is N#CC1CCCC1CN1CCCCC1. The minimum atomic E-state index is 0.358. The zero-order chi connectivity index (χ0) is 9.80. The van der Waals surface area contributed by atoms with E-state index < -0.39 is 0 Å². The Hall–Kier alpha value is -0.550. The maximum Gasteiger partial charge on any atom is 0.0659 e. The Labute approximate surface area is 86.9 Å². The number of rotatable bonds is 2. The van der Waals surface area contributed by atoms with Crippen molar-refractivity contribution in [2.24, 2.45) is 11.8 Å². The van der Waals surface area contributed by atoms with Gasteiger partial charge in [-0.15, -0.1) is 0 Å². The number of hydrogen-bond donors (Lipinski definition) is 0. The molecule has 0 aromatic carbocycles. The van der Waals surface area contributed by atoms with Gasteiger partial charge in [0.25, 0.3) is 0 Å². The van der Waals surface area contributed by atoms with Gasteiger partial charge >= 0.3 is 0 Å². The molecule has 2 aliphatic rings. The number of piperidine rings is 1. The molecule has 0 spiro atoms. The molecular formula is C12H20N2. The molecule has 0 bridgehead atoms. The molecule has 78 valence electrons. The van der Waals surface area contributed by atoms with E-state index in [2.05, 4.69) is 11.0 Å². The van der Waals surface area contributed by atoms with Crippen molar-refractivity contribution in [3.05, 3.63) is 0 Å². The molecule has 0 amide bonds. The standard InChI is InChI=1S/C12H20N2/c13-9-11-5-4-6-12(11)10-14-7-2-1-3-8-14/h11-12H,1-8,10H2. The van der Waals surface area contributed by atoms with Gasteiger partial charge < -0.3 is 4.90 Å². The average molecular weight is 192 g/mol. The Bertz CT molecular complexity index is 213. The van der Waals surface area contributed by atoms with Gasteiger partial charge in [-0.25, -0.2) is 0 Å². The van der Waals surface area contributed by atoms with Crippen LogP contribution in [0.4, 0.5) is 0 Å². The van der Waals surface area contributed by atoms with Gasteiger partial charge in [-0.05, 0) is 44.7 Å². The lowest BCUT2D eigenvalue weighted by Gasteiger charge is -2.29. The van der Waals surface area contributed by atoms with E-state index in [1.54, 1.807) is 0 Å². The summed E-state index contributed by atoms with van der Waals surface area (Å²) in [5.41, 5.74) is 0. The molecule has 1 saturated carbocycles. The van der Waals surface area contributed by atoms with Crippen LogP contribution in [0.3, 0.4) is 0 Å². The molecule has 2 heteroatoms. The van der Waals surface area contributed by atoms with Crippen molar-refractivity contribution in [3.8, 4) is 6.07 Å². The molecular weight excluding hydrogens is 172 g/mol. The van der Waals surface area contributed by atoms with E-state index >= 15 is 0 Å². The van der Waals surface area contributed by atoms with Crippen molar-refractivity contribution in [2.45, 2.75) is 38.5 Å². The Balaban J connectivity index is 1.81. The van der Waals surface area contributed by atoms with Crippen LogP contribution < -0.4 is 0 Å². The van der Waals surface area contributed by atoms with E-state index in [-0.39, 0.29) is 0 Å². The van der Waals surface area contributed by atoms with Gasteiger partial charge in [0.1, 0.15) is 0 Å². The third-order valence-corrected chi connectivity index (χ3v) is 3.77. The molecule has 0 aromatic rings. The summed E-state index contributed by atoms with van der Waals surface area (Å²) in [6.07, 6.45) is 7.84. The predicted molar refractivity (Wildman–Crippen MR) is 56.7 cm³/mol. The monoisotopic (exact) mass is 192 g/mol. The van der Waals surface area contributed by atoms with Crippen LogP contribution >= 0.6 is 0 Å². The van der Waals surface area contributed by atoms with E-state index in [9.17, 15) is 0 Å². The van der Waals surface area contributed by atoms with Crippen LogP contribution in [-0.2, 0) is 0 Å². The summed E-state index contributed by atoms with van der Waals surface area (Å²) in [5.74, 6) is 1.04. The molecule has 0 N–H and O–H groups in total. The molecule has 2 nitrogen and oxygen atoms in total. The predicted octanol–water partition coefficient (Wildman–Crippen LogP) is 2.41. The Morgan fingerprint density at radius 2 is 1.86 bits per heavy atom. The first-order chi connectivity index (χ1) is 6.90. The number of likely N-dealkylation sites (tertiary alicyclic amines) is 1. The van der Waals surface area contributed by atoms with Gasteiger partial charge in [-0.3, -0.25) is 0 Å². The summed E-state index contributed by atoms with van der Waals surface area (Å²) in [4.78, 5) is 2.57. The van der Waals surface area contributed by atoms with Crippen LogP contribution in [0.25, 0.3) is 0 Å². The molecule has 0 aromatic heterocycles. The first kappa shape index (κ1) is 9.98. The molecule has 2 unspecified atom stereocenters. The van der Waals surface area contributed by atoms with E-state index in [4.69, 9.17) is 5.26 Å². The quantitative estimate of drug-likeness (QED) is 0.672. The van der Waals surface area contributed by atoms with Crippen LogP contribution in [0.1, 0.15) is 38.5 Å². The highest BCUT2D eigenvalue weighted by Crippen LogP contribution is 2.32. The molecule has 1 aliphatic heterocycles. The van der Waals surface area contributed by atoms with Crippen molar-refractivity contribution in [1.29, 1.82) is 5.26 Å². The van der Waals surface area contributed by atoms with Crippen LogP contribution in [0, 0.1) is 23.2 Å². The Morgan fingerprint density at radius 3 is 2.57 bits per heavy atom. The molecule has 0 radical (unpaired) electrons. The van der Waals surface area contributed by atoms with Gasteiger partial charge in [-0.1, -0.05) is 12.8 Å². The minimum absolute atomic E-state index is 0.358. The lowest BCUT2D eigenvalue weighted by molar-refractivity contribution is 0.186. The summed E-state index contributed by atoms with van der Waals surface area (Å²) < 4.78 is 0. The molecule has 2 atom stereocenters. The molecule has 14 heavy (non-hydrogen) atoms. The topological polar surface area (TPSA) is 27.0 Å². The highest BCUT2D eigenvalue weighted by atomic mass is 15.1. The summed E-state index contributed by atoms with van der Waals surface area (Å²) >= 11 is 0.